The highest BCUT2D eigenvalue weighted by atomic mass is 79.9. The first-order valence-corrected chi connectivity index (χ1v) is 7.41. The number of hydrogen-bond acceptors (Lipinski definition) is 4. The number of anilines is 1. The number of halogens is 2. The quantitative estimate of drug-likeness (QED) is 0.902. The van der Waals surface area contributed by atoms with Gasteiger partial charge in [0.25, 0.3) is 5.91 Å². The number of hydrogen-bond donors (Lipinski definition) is 1. The molecule has 2 fully saturated rings. The summed E-state index contributed by atoms with van der Waals surface area (Å²) in [6.45, 7) is 1.24. The predicted octanol–water partition coefficient (Wildman–Crippen LogP) is 1.47. The highest BCUT2D eigenvalue weighted by molar-refractivity contribution is 9.10. The van der Waals surface area contributed by atoms with Crippen LogP contribution in [0.3, 0.4) is 0 Å². The molecule has 2 heterocycles. The molecule has 2 aliphatic rings. The van der Waals surface area contributed by atoms with Crippen molar-refractivity contribution >= 4 is 27.7 Å². The van der Waals surface area contributed by atoms with Crippen molar-refractivity contribution in [1.29, 1.82) is 0 Å². The van der Waals surface area contributed by atoms with E-state index in [1.165, 1.54) is 6.07 Å². The average molecular weight is 344 g/mol. The lowest BCUT2D eigenvalue weighted by atomic mass is 10.2. The zero-order valence-corrected chi connectivity index (χ0v) is 12.4. The molecule has 0 aromatic carbocycles. The third-order valence-corrected chi connectivity index (χ3v) is 3.80. The monoisotopic (exact) mass is 343 g/mol. The Morgan fingerprint density at radius 2 is 2.35 bits per heavy atom. The Bertz CT molecular complexity index is 524. The topological polar surface area (TPSA) is 54.5 Å². The van der Waals surface area contributed by atoms with Crippen LogP contribution in [0.1, 0.15) is 12.8 Å². The van der Waals surface area contributed by atoms with Gasteiger partial charge in [0.1, 0.15) is 0 Å². The first-order chi connectivity index (χ1) is 9.63. The second-order valence-electron chi connectivity index (χ2n) is 5.05. The molecule has 1 saturated heterocycles. The summed E-state index contributed by atoms with van der Waals surface area (Å²) in [5.74, 6) is -0.252. The SMILES string of the molecule is O=C(NC1CC1)C1CN(c2ncc(Br)cc2F)CCO1. The Labute approximate surface area is 124 Å². The van der Waals surface area contributed by atoms with E-state index < -0.39 is 11.9 Å². The van der Waals surface area contributed by atoms with E-state index in [0.29, 0.717) is 30.2 Å². The maximum absolute atomic E-state index is 13.9. The largest absolute Gasteiger partial charge is 0.365 e. The van der Waals surface area contributed by atoms with Crippen molar-refractivity contribution in [2.75, 3.05) is 24.6 Å². The Kier molecular flexibility index (Phi) is 3.89. The molecule has 0 radical (unpaired) electrons. The van der Waals surface area contributed by atoms with Crippen LogP contribution in [0.15, 0.2) is 16.7 Å². The summed E-state index contributed by atoms with van der Waals surface area (Å²) in [6, 6.07) is 1.67. The summed E-state index contributed by atoms with van der Waals surface area (Å²) in [6.07, 6.45) is 3.05. The van der Waals surface area contributed by atoms with Crippen LogP contribution in [0.5, 0.6) is 0 Å². The van der Waals surface area contributed by atoms with Gasteiger partial charge in [-0.2, -0.15) is 0 Å². The standard InChI is InChI=1S/C13H15BrFN3O2/c14-8-5-10(15)12(16-6-8)18-3-4-20-11(7-18)13(19)17-9-1-2-9/h5-6,9,11H,1-4,7H2,(H,17,19). The molecule has 108 valence electrons. The molecule has 1 atom stereocenters. The van der Waals surface area contributed by atoms with Gasteiger partial charge < -0.3 is 15.0 Å². The Balaban J connectivity index is 1.69. The molecule has 0 spiro atoms. The summed E-state index contributed by atoms with van der Waals surface area (Å²) in [5.41, 5.74) is 0. The number of ether oxygens (including phenoxy) is 1. The van der Waals surface area contributed by atoms with Crippen LogP contribution >= 0.6 is 15.9 Å². The summed E-state index contributed by atoms with van der Waals surface area (Å²) in [4.78, 5) is 17.8. The van der Waals surface area contributed by atoms with Gasteiger partial charge in [0.15, 0.2) is 17.7 Å². The molecule has 20 heavy (non-hydrogen) atoms. The maximum Gasteiger partial charge on any atom is 0.251 e. The molecule has 7 heteroatoms. The third kappa shape index (κ3) is 3.09. The van der Waals surface area contributed by atoms with E-state index in [4.69, 9.17) is 4.74 Å². The molecule has 1 aliphatic carbocycles. The zero-order chi connectivity index (χ0) is 14.1. The van der Waals surface area contributed by atoms with Gasteiger partial charge in [-0.1, -0.05) is 0 Å². The predicted molar refractivity (Wildman–Crippen MR) is 75.0 cm³/mol. The lowest BCUT2D eigenvalue weighted by Crippen LogP contribution is -2.50. The summed E-state index contributed by atoms with van der Waals surface area (Å²) < 4.78 is 20.0. The van der Waals surface area contributed by atoms with Crippen LogP contribution in [0, 0.1) is 5.82 Å². The number of amides is 1. The first kappa shape index (κ1) is 13.8. The van der Waals surface area contributed by atoms with Crippen molar-refractivity contribution in [3.05, 3.63) is 22.6 Å². The van der Waals surface area contributed by atoms with E-state index in [0.717, 1.165) is 12.8 Å². The number of carbonyl (C=O) groups is 1. The smallest absolute Gasteiger partial charge is 0.251 e. The van der Waals surface area contributed by atoms with Crippen molar-refractivity contribution in [2.45, 2.75) is 25.0 Å². The van der Waals surface area contributed by atoms with Crippen molar-refractivity contribution in [3.8, 4) is 0 Å². The number of pyridine rings is 1. The number of morpholine rings is 1. The van der Waals surface area contributed by atoms with Crippen LogP contribution in [-0.2, 0) is 9.53 Å². The van der Waals surface area contributed by atoms with Crippen molar-refractivity contribution in [3.63, 3.8) is 0 Å². The van der Waals surface area contributed by atoms with Gasteiger partial charge in [-0.05, 0) is 34.8 Å². The van der Waals surface area contributed by atoms with E-state index in [1.807, 2.05) is 0 Å². The molecule has 5 nitrogen and oxygen atoms in total. The van der Waals surface area contributed by atoms with E-state index in [1.54, 1.807) is 11.1 Å². The highest BCUT2D eigenvalue weighted by Crippen LogP contribution is 2.23. The second kappa shape index (κ2) is 5.65. The van der Waals surface area contributed by atoms with Gasteiger partial charge in [0, 0.05) is 23.3 Å². The molecule has 1 amide bonds. The van der Waals surface area contributed by atoms with Gasteiger partial charge >= 0.3 is 0 Å². The Morgan fingerprint density at radius 3 is 3.05 bits per heavy atom. The van der Waals surface area contributed by atoms with Gasteiger partial charge in [0.05, 0.1) is 13.2 Å². The molecule has 1 aromatic rings. The zero-order valence-electron chi connectivity index (χ0n) is 10.8. The normalized spacial score (nSPS) is 22.7. The number of carbonyl (C=O) groups excluding carboxylic acids is 1. The van der Waals surface area contributed by atoms with Gasteiger partial charge in [-0.25, -0.2) is 9.37 Å². The van der Waals surface area contributed by atoms with Crippen molar-refractivity contribution < 1.29 is 13.9 Å². The highest BCUT2D eigenvalue weighted by Gasteiger charge is 2.32. The molecular formula is C13H15BrFN3O2. The van der Waals surface area contributed by atoms with Gasteiger partial charge in [-0.15, -0.1) is 0 Å². The molecule has 1 unspecified atom stereocenters. The minimum Gasteiger partial charge on any atom is -0.365 e. The third-order valence-electron chi connectivity index (χ3n) is 3.37. The fourth-order valence-corrected chi connectivity index (χ4v) is 2.47. The van der Waals surface area contributed by atoms with E-state index in [9.17, 15) is 9.18 Å². The Morgan fingerprint density at radius 1 is 1.55 bits per heavy atom. The number of aromatic nitrogens is 1. The fourth-order valence-electron chi connectivity index (χ4n) is 2.16. The van der Waals surface area contributed by atoms with E-state index in [-0.39, 0.29) is 11.7 Å². The molecule has 1 saturated carbocycles. The summed E-state index contributed by atoms with van der Waals surface area (Å²) in [5, 5.41) is 2.91. The number of nitrogens with one attached hydrogen (secondary N) is 1. The van der Waals surface area contributed by atoms with Crippen molar-refractivity contribution in [1.82, 2.24) is 10.3 Å². The van der Waals surface area contributed by atoms with E-state index >= 15 is 0 Å². The molecule has 0 bridgehead atoms. The molecule has 1 aliphatic heterocycles. The van der Waals surface area contributed by atoms with Gasteiger partial charge in [-0.3, -0.25) is 4.79 Å². The minimum absolute atomic E-state index is 0.116. The van der Waals surface area contributed by atoms with Crippen LogP contribution < -0.4 is 10.2 Å². The number of rotatable bonds is 3. The minimum atomic E-state index is -0.561. The Hall–Kier alpha value is -1.21. The van der Waals surface area contributed by atoms with Crippen LogP contribution in [0.2, 0.25) is 0 Å². The first-order valence-electron chi connectivity index (χ1n) is 6.61. The van der Waals surface area contributed by atoms with Crippen LogP contribution in [-0.4, -0.2) is 42.7 Å². The molecule has 3 rings (SSSR count). The molecular weight excluding hydrogens is 329 g/mol. The second-order valence-corrected chi connectivity index (χ2v) is 5.96. The average Bonchev–Trinajstić information content (AvgIpc) is 3.23. The maximum atomic E-state index is 13.9. The number of nitrogens with zero attached hydrogens (tertiary/aromatic N) is 2. The summed E-state index contributed by atoms with van der Waals surface area (Å²) >= 11 is 3.18. The summed E-state index contributed by atoms with van der Waals surface area (Å²) in [7, 11) is 0. The lowest BCUT2D eigenvalue weighted by Gasteiger charge is -2.33. The van der Waals surface area contributed by atoms with Gasteiger partial charge in [0.2, 0.25) is 0 Å². The molecule has 1 aromatic heterocycles. The van der Waals surface area contributed by atoms with Crippen LogP contribution in [0.25, 0.3) is 0 Å². The fraction of sp³-hybridized carbons (Fsp3) is 0.538. The molecule has 1 N–H and O–H groups in total. The van der Waals surface area contributed by atoms with Crippen LogP contribution in [0.4, 0.5) is 10.2 Å². The van der Waals surface area contributed by atoms with E-state index in [2.05, 4.69) is 26.2 Å². The van der Waals surface area contributed by atoms with Crippen molar-refractivity contribution in [2.24, 2.45) is 0 Å². The lowest BCUT2D eigenvalue weighted by molar-refractivity contribution is -0.133.